The Kier molecular flexibility index (Phi) is 31.7. The molecule has 0 atom stereocenters. The number of carbonyl (C=O) groups is 5. The predicted octanol–water partition coefficient (Wildman–Crippen LogP) is 24.5. The van der Waals surface area contributed by atoms with Gasteiger partial charge in [-0.15, -0.1) is 0 Å². The van der Waals surface area contributed by atoms with Gasteiger partial charge in [-0.3, -0.25) is 4.79 Å². The quantitative estimate of drug-likeness (QED) is 0.0239. The van der Waals surface area contributed by atoms with E-state index in [4.69, 9.17) is 23.4 Å². The molecule has 13 heteroatoms. The molecule has 0 saturated heterocycles. The normalized spacial score (nSPS) is 18.3. The summed E-state index contributed by atoms with van der Waals surface area (Å²) in [6.45, 7) is 41.9. The Balaban J connectivity index is 0. The van der Waals surface area contributed by atoms with Gasteiger partial charge < -0.3 is 30.4 Å². The van der Waals surface area contributed by atoms with Gasteiger partial charge >= 0.3 is 23.9 Å². The van der Waals surface area contributed by atoms with Crippen molar-refractivity contribution in [3.8, 4) is 0 Å². The van der Waals surface area contributed by atoms with Crippen LogP contribution in [-0.2, 0) is 31.2 Å². The molecule has 0 bridgehead atoms. The van der Waals surface area contributed by atoms with Gasteiger partial charge in [0.25, 0.3) is 13.9 Å². The second kappa shape index (κ2) is 37.8. The highest BCUT2D eigenvalue weighted by molar-refractivity contribution is 7.05. The zero-order chi connectivity index (χ0) is 76.4. The standard InChI is InChI=1S/C24H28O2.C22H25NO3.2C20H28O2.CH4.BHNP.4H2/c1-16(14-17-6-8-18(9-7-17)22(25)26)19-10-11-20-21(15-19)24(4,5)13-12-23(20,2)3;1-21(2)11-12-22(3,4)18-13-16(9-10-17(18)21)23-19(24)14-5-7-15(8-6-14)20(25)26;2*1-15(8-6-9-16(2)14-19(21)22)11-12-18-17(3)10-7-13-20(18,4)5;;1-2-3;;;;/h6-11,14-15H,12-13H2,1-5H3,(H,25,26);5-10,13H,11-12H2,1-4H3,(H,23,24)(H,25,26);2*6,8-9,11-12,14H,7,10,13H2,1-5H3,(H,21,22);1H4;3H;4*1H/b16-14+;;9-6+,12-11+,15-8+,16-14+;9-6+,12-11+,15-8-,16-14+;;;;;;/i;;;;;;1+2T;;;. The zero-order valence-corrected chi connectivity index (χ0v) is 63.5. The fourth-order valence-corrected chi connectivity index (χ4v) is 13.3. The number of aliphatic carboxylic acids is 2. The summed E-state index contributed by atoms with van der Waals surface area (Å²) in [6.07, 6.45) is 36.8. The molecule has 4 aliphatic carbocycles. The molecule has 0 unspecified atom stereocenters. The van der Waals surface area contributed by atoms with E-state index in [0.29, 0.717) is 11.1 Å². The molecule has 8 rings (SSSR count). The summed E-state index contributed by atoms with van der Waals surface area (Å²) in [4.78, 5) is 55.5. The van der Waals surface area contributed by atoms with E-state index < -0.39 is 23.9 Å². The molecule has 4 aromatic carbocycles. The van der Waals surface area contributed by atoms with Crippen LogP contribution in [0.5, 0.6) is 0 Å². The van der Waals surface area contributed by atoms with Crippen LogP contribution in [0.3, 0.4) is 0 Å². The van der Waals surface area contributed by atoms with Crippen LogP contribution in [0, 0.1) is 10.8 Å². The van der Waals surface area contributed by atoms with E-state index in [-0.39, 0.29) is 55.7 Å². The second-order valence-corrected chi connectivity index (χ2v) is 31.1. The van der Waals surface area contributed by atoms with Gasteiger partial charge in [0.05, 0.1) is 11.1 Å². The lowest BCUT2D eigenvalue weighted by Crippen LogP contribution is -2.33. The minimum atomic E-state index is -1.00. The molecule has 4 aromatic rings. The Hall–Kier alpha value is -8.47. The maximum Gasteiger partial charge on any atom is 0.335 e. The third kappa shape index (κ3) is 26.2. The number of carbonyl (C=O) groups excluding carboxylic acids is 1. The first-order chi connectivity index (χ1) is 47.1. The van der Waals surface area contributed by atoms with Crippen molar-refractivity contribution in [1.29, 1.82) is 0 Å². The molecule has 0 spiro atoms. The van der Waals surface area contributed by atoms with Crippen molar-refractivity contribution < 1.29 is 51.6 Å². The van der Waals surface area contributed by atoms with Crippen molar-refractivity contribution in [2.24, 2.45) is 15.5 Å². The number of benzene rings is 4. The highest BCUT2D eigenvalue weighted by atomic mass is 31.0. The van der Waals surface area contributed by atoms with Crippen LogP contribution in [0.2, 0.25) is 0 Å². The topological polar surface area (TPSA) is 191 Å². The van der Waals surface area contributed by atoms with Crippen LogP contribution >= 0.6 is 9.03 Å². The SMILES string of the molecule is C.C/C(=C\c1ccc(C(=O)O)cc1)c1ccc2c(c1)C(C)(C)CCC2(C)C.CC1(C)CCC(C)(C)c2cc(NC(=O)c3ccc(C(=O)O)cc3)ccc21.CC1=C(/C=C/C(C)=C/C=C/C(C)=C/C(=O)O)C(C)(C)CCC1.CC1=C(/C=C/C(C)=C\C=C\C(C)=C\C(=O)O)C(C)(C)CCC1.[3H][3H].[B]N=P.[HH].[HH].[HH]. The summed E-state index contributed by atoms with van der Waals surface area (Å²) in [5.74, 6) is -3.96. The summed E-state index contributed by atoms with van der Waals surface area (Å²) in [7, 11) is 6.97. The summed E-state index contributed by atoms with van der Waals surface area (Å²) in [6, 6.07) is 26.0. The number of rotatable bonds is 16. The van der Waals surface area contributed by atoms with Gasteiger partial charge in [-0.25, -0.2) is 19.2 Å². The number of hydrogen-bond acceptors (Lipinski definition) is 6. The highest BCUT2D eigenvalue weighted by Gasteiger charge is 2.39. The monoisotopic (exact) mass is 1380 g/mol. The van der Waals surface area contributed by atoms with Crippen LogP contribution in [-0.4, -0.2) is 58.2 Å². The molecular formula is C87H122BN2O9P. The molecule has 100 heavy (non-hydrogen) atoms. The van der Waals surface area contributed by atoms with Crippen LogP contribution < -0.4 is 5.32 Å². The minimum absolute atomic E-state index is 0. The Morgan fingerprint density at radius 1 is 0.490 bits per heavy atom. The van der Waals surface area contributed by atoms with Gasteiger partial charge in [-0.2, -0.15) is 0 Å². The second-order valence-electron chi connectivity index (χ2n) is 30.8. The lowest BCUT2D eigenvalue weighted by molar-refractivity contribution is -0.132. The molecule has 542 valence electrons. The largest absolute Gasteiger partial charge is 0.478 e. The summed E-state index contributed by atoms with van der Waals surface area (Å²) < 4.78 is 12.8. The zero-order valence-electron chi connectivity index (χ0n) is 64.5. The molecule has 2 radical (unpaired) electrons. The first-order valence-corrected chi connectivity index (χ1v) is 34.8. The Labute approximate surface area is 610 Å². The van der Waals surface area contributed by atoms with Gasteiger partial charge in [-0.1, -0.05) is 216 Å². The molecule has 4 aliphatic rings. The average Bonchev–Trinajstić information content (AvgIpc) is 0.761. The highest BCUT2D eigenvalue weighted by Crippen LogP contribution is 2.48. The summed E-state index contributed by atoms with van der Waals surface area (Å²) >= 11 is 0. The number of anilines is 1. The predicted molar refractivity (Wildman–Crippen MR) is 431 cm³/mol. The number of carboxylic acids is 4. The summed E-state index contributed by atoms with van der Waals surface area (Å²) in [5.41, 5.74) is 21.5. The van der Waals surface area contributed by atoms with Crippen molar-refractivity contribution in [1.82, 2.24) is 0 Å². The Morgan fingerprint density at radius 2 is 0.840 bits per heavy atom. The first-order valence-electron chi connectivity index (χ1n) is 35.4. The maximum absolute atomic E-state index is 12.5. The smallest absolute Gasteiger partial charge is 0.335 e. The number of nitrogens with zero attached hydrogens (tertiary/aromatic N) is 1. The van der Waals surface area contributed by atoms with Crippen molar-refractivity contribution in [2.45, 2.75) is 225 Å². The van der Waals surface area contributed by atoms with Gasteiger partial charge in [0.2, 0.25) is 0 Å². The maximum atomic E-state index is 12.5. The summed E-state index contributed by atoms with van der Waals surface area (Å²) in [5, 5.41) is 38.2. The fourth-order valence-electron chi connectivity index (χ4n) is 13.3. The Morgan fingerprint density at radius 3 is 1.22 bits per heavy atom. The molecule has 1 amide bonds. The van der Waals surface area contributed by atoms with Gasteiger partial charge in [0.15, 0.2) is 0 Å². The van der Waals surface area contributed by atoms with E-state index in [1.807, 2.05) is 42.5 Å². The molecule has 0 aromatic heterocycles. The molecular weight excluding hydrogens is 1260 g/mol. The van der Waals surface area contributed by atoms with E-state index in [0.717, 1.165) is 46.4 Å². The number of aromatic carboxylic acids is 2. The molecule has 0 heterocycles. The van der Waals surface area contributed by atoms with E-state index in [9.17, 15) is 24.0 Å². The van der Waals surface area contributed by atoms with Crippen molar-refractivity contribution >= 4 is 64.1 Å². The van der Waals surface area contributed by atoms with Gasteiger partial charge in [0.1, 0.15) is 0 Å². The number of allylic oxidation sites excluding steroid dienone is 19. The molecule has 0 aliphatic heterocycles. The number of nitrogens with one attached hydrogen (secondary N) is 1. The molecule has 5 N–H and O–H groups in total. The van der Waals surface area contributed by atoms with E-state index in [1.165, 1.54) is 143 Å². The van der Waals surface area contributed by atoms with Gasteiger partial charge in [-0.05, 0) is 264 Å². The number of amides is 1. The minimum Gasteiger partial charge on any atom is -0.478 e. The lowest BCUT2D eigenvalue weighted by atomic mass is 9.63. The Bertz CT molecular complexity index is 3860. The van der Waals surface area contributed by atoms with Crippen molar-refractivity contribution in [2.75, 3.05) is 5.32 Å². The molecule has 0 fully saturated rings. The number of hydrogen-bond donors (Lipinski definition) is 5. The third-order valence-corrected chi connectivity index (χ3v) is 19.6. The number of carboxylic acid groups (broad SMARTS) is 4. The van der Waals surface area contributed by atoms with Crippen LogP contribution in [0.15, 0.2) is 207 Å². The number of fused-ring (bicyclic) bond motifs is 2. The van der Waals surface area contributed by atoms with Crippen molar-refractivity contribution in [3.05, 3.63) is 252 Å². The van der Waals surface area contributed by atoms with E-state index >= 15 is 0 Å². The van der Waals surface area contributed by atoms with Crippen LogP contribution in [0.25, 0.3) is 11.6 Å². The van der Waals surface area contributed by atoms with Crippen LogP contribution in [0.4, 0.5) is 5.69 Å². The van der Waals surface area contributed by atoms with Crippen LogP contribution in [0.1, 0.15) is 275 Å². The average molecular weight is 1390 g/mol. The molecule has 0 saturated carbocycles. The third-order valence-electron chi connectivity index (χ3n) is 19.6. The first kappa shape index (κ1) is 84.0. The van der Waals surface area contributed by atoms with Gasteiger partial charge in [0, 0.05) is 30.7 Å². The fraction of sp³-hybridized carbons (Fsp3) is 0.414. The lowest BCUT2D eigenvalue weighted by Gasteiger charge is -2.42. The molecule has 11 nitrogen and oxygen atoms in total. The van der Waals surface area contributed by atoms with Crippen molar-refractivity contribution in [3.63, 3.8) is 0 Å². The van der Waals surface area contributed by atoms with E-state index in [1.54, 1.807) is 38.1 Å². The van der Waals surface area contributed by atoms with E-state index in [2.05, 4.69) is 205 Å².